The molecule has 0 aliphatic heterocycles. The van der Waals surface area contributed by atoms with E-state index >= 15 is 0 Å². The Kier molecular flexibility index (Phi) is 4.23. The molecule has 0 radical (unpaired) electrons. The van der Waals surface area contributed by atoms with Gasteiger partial charge in [-0.1, -0.05) is 0 Å². The number of hydrogen-bond donors (Lipinski definition) is 1. The van der Waals surface area contributed by atoms with Gasteiger partial charge in [0.15, 0.2) is 0 Å². The number of nitro groups is 1. The third kappa shape index (κ3) is 3.43. The number of hydrazone groups is 1. The Hall–Kier alpha value is -3.14. The van der Waals surface area contributed by atoms with E-state index in [0.29, 0.717) is 12.1 Å². The second kappa shape index (κ2) is 5.67. The lowest BCUT2D eigenvalue weighted by atomic mass is 10.1. The van der Waals surface area contributed by atoms with Gasteiger partial charge in [0.05, 0.1) is 10.6 Å². The second-order valence-electron chi connectivity index (χ2n) is 3.28. The molecule has 0 atom stereocenters. The van der Waals surface area contributed by atoms with Gasteiger partial charge < -0.3 is 0 Å². The third-order valence-electron chi connectivity index (χ3n) is 2.01. The van der Waals surface area contributed by atoms with Crippen LogP contribution in [0, 0.1) is 32.8 Å². The van der Waals surface area contributed by atoms with Crippen LogP contribution < -0.4 is 5.43 Å². The van der Waals surface area contributed by atoms with Crippen LogP contribution in [0.25, 0.3) is 0 Å². The van der Waals surface area contributed by atoms with Crippen LogP contribution in [0.15, 0.2) is 23.3 Å². The van der Waals surface area contributed by atoms with Crippen molar-refractivity contribution in [2.75, 3.05) is 5.43 Å². The topological polar surface area (TPSA) is 115 Å². The molecule has 0 aliphatic carbocycles. The van der Waals surface area contributed by atoms with E-state index in [1.807, 2.05) is 5.43 Å². The highest BCUT2D eigenvalue weighted by Gasteiger charge is 2.38. The second-order valence-corrected chi connectivity index (χ2v) is 3.28. The first-order valence-electron chi connectivity index (χ1n) is 4.79. The van der Waals surface area contributed by atoms with Crippen LogP contribution >= 0.6 is 0 Å². The van der Waals surface area contributed by atoms with Crippen LogP contribution in [-0.4, -0.2) is 10.6 Å². The maximum Gasteiger partial charge on any atom is 0.423 e. The Labute approximate surface area is 109 Å². The monoisotopic (exact) mass is 283 g/mol. The Balaban J connectivity index is 3.22. The van der Waals surface area contributed by atoms with Crippen molar-refractivity contribution in [2.45, 2.75) is 6.18 Å². The van der Waals surface area contributed by atoms with Crippen molar-refractivity contribution in [3.8, 4) is 12.1 Å². The van der Waals surface area contributed by atoms with E-state index in [2.05, 4.69) is 5.10 Å². The van der Waals surface area contributed by atoms with Gasteiger partial charge in [0.1, 0.15) is 17.7 Å². The highest BCUT2D eigenvalue weighted by atomic mass is 19.4. The first-order chi connectivity index (χ1) is 9.29. The summed E-state index contributed by atoms with van der Waals surface area (Å²) < 4.78 is 37.9. The molecule has 0 saturated carbocycles. The normalized spacial score (nSPS) is 10.1. The van der Waals surface area contributed by atoms with Crippen LogP contribution in [0.2, 0.25) is 0 Å². The lowest BCUT2D eigenvalue weighted by Gasteiger charge is -2.09. The average molecular weight is 283 g/mol. The molecule has 0 saturated heterocycles. The smallest absolute Gasteiger partial charge is 0.276 e. The maximum atomic E-state index is 12.6. The number of halogens is 3. The van der Waals surface area contributed by atoms with Gasteiger partial charge in [0, 0.05) is 6.07 Å². The zero-order valence-electron chi connectivity index (χ0n) is 9.47. The molecule has 1 aromatic rings. The number of anilines is 1. The zero-order chi connectivity index (χ0) is 15.3. The largest absolute Gasteiger partial charge is 0.423 e. The molecule has 0 fully saturated rings. The summed E-state index contributed by atoms with van der Waals surface area (Å²) in [6, 6.07) is 4.88. The molecule has 0 unspecified atom stereocenters. The van der Waals surface area contributed by atoms with Gasteiger partial charge in [-0.3, -0.25) is 15.5 Å². The predicted octanol–water partition coefficient (Wildman–Crippen LogP) is 2.43. The molecule has 0 amide bonds. The summed E-state index contributed by atoms with van der Waals surface area (Å²) in [7, 11) is 0. The van der Waals surface area contributed by atoms with Crippen LogP contribution in [-0.2, 0) is 6.18 Å². The van der Waals surface area contributed by atoms with Gasteiger partial charge in [0.25, 0.3) is 5.69 Å². The van der Waals surface area contributed by atoms with Gasteiger partial charge in [-0.05, 0) is 12.1 Å². The Bertz CT molecular complexity index is 638. The minimum Gasteiger partial charge on any atom is -0.276 e. The Morgan fingerprint density at radius 2 is 1.95 bits per heavy atom. The van der Waals surface area contributed by atoms with Gasteiger partial charge in [-0.15, -0.1) is 0 Å². The molecular formula is C10H4F3N5O2. The van der Waals surface area contributed by atoms with Crippen molar-refractivity contribution in [2.24, 2.45) is 5.10 Å². The van der Waals surface area contributed by atoms with Crippen LogP contribution in [0.4, 0.5) is 24.5 Å². The molecule has 20 heavy (non-hydrogen) atoms. The maximum absolute atomic E-state index is 12.6. The van der Waals surface area contributed by atoms with E-state index in [1.54, 1.807) is 0 Å². The van der Waals surface area contributed by atoms with Gasteiger partial charge >= 0.3 is 6.18 Å². The van der Waals surface area contributed by atoms with E-state index in [1.165, 1.54) is 12.1 Å². The molecule has 0 aromatic heterocycles. The number of hydrogen-bond acceptors (Lipinski definition) is 6. The number of nitriles is 2. The number of benzene rings is 1. The molecular weight excluding hydrogens is 279 g/mol. The first-order valence-corrected chi connectivity index (χ1v) is 4.79. The van der Waals surface area contributed by atoms with Crippen LogP contribution in [0.1, 0.15) is 5.56 Å². The van der Waals surface area contributed by atoms with E-state index < -0.39 is 28.1 Å². The summed E-state index contributed by atoms with van der Waals surface area (Å²) in [5.41, 5.74) is -1.36. The van der Waals surface area contributed by atoms with E-state index in [4.69, 9.17) is 10.5 Å². The summed E-state index contributed by atoms with van der Waals surface area (Å²) in [5.74, 6) is 0. The fraction of sp³-hybridized carbons (Fsp3) is 0.100. The predicted molar refractivity (Wildman–Crippen MR) is 60.4 cm³/mol. The van der Waals surface area contributed by atoms with Gasteiger partial charge in [-0.2, -0.15) is 28.8 Å². The lowest BCUT2D eigenvalue weighted by Crippen LogP contribution is -2.09. The summed E-state index contributed by atoms with van der Waals surface area (Å²) in [5, 5.41) is 30.5. The van der Waals surface area contributed by atoms with Crippen molar-refractivity contribution >= 4 is 17.1 Å². The van der Waals surface area contributed by atoms with Crippen molar-refractivity contribution in [3.05, 3.63) is 33.9 Å². The van der Waals surface area contributed by atoms with Crippen molar-refractivity contribution < 1.29 is 18.1 Å². The molecule has 1 N–H and O–H groups in total. The highest BCUT2D eigenvalue weighted by Crippen LogP contribution is 2.37. The summed E-state index contributed by atoms with van der Waals surface area (Å²) >= 11 is 0. The van der Waals surface area contributed by atoms with Crippen molar-refractivity contribution in [3.63, 3.8) is 0 Å². The van der Waals surface area contributed by atoms with Gasteiger partial charge in [0.2, 0.25) is 5.71 Å². The zero-order valence-corrected chi connectivity index (χ0v) is 9.47. The van der Waals surface area contributed by atoms with Gasteiger partial charge in [-0.25, -0.2) is 0 Å². The molecule has 1 aromatic carbocycles. The Morgan fingerprint density at radius 1 is 1.35 bits per heavy atom. The molecule has 102 valence electrons. The van der Waals surface area contributed by atoms with Crippen molar-refractivity contribution in [1.29, 1.82) is 10.5 Å². The van der Waals surface area contributed by atoms with Crippen LogP contribution in [0.5, 0.6) is 0 Å². The minimum atomic E-state index is -4.92. The van der Waals surface area contributed by atoms with E-state index in [9.17, 15) is 23.3 Å². The molecule has 10 heteroatoms. The Morgan fingerprint density at radius 3 is 2.40 bits per heavy atom. The summed E-state index contributed by atoms with van der Waals surface area (Å²) in [6.45, 7) is 0. The molecule has 1 rings (SSSR count). The fourth-order valence-electron chi connectivity index (χ4n) is 1.19. The minimum absolute atomic E-state index is 0.245. The molecule has 0 bridgehead atoms. The standard InChI is InChI=1S/C10H4F3N5O2/c11-10(12,13)8-3-6(1-2-9(8)18(19)20)16-17-7(4-14)5-15/h1-3,16H. The number of nitrogens with zero attached hydrogens (tertiary/aromatic N) is 4. The summed E-state index contributed by atoms with van der Waals surface area (Å²) in [6.07, 6.45) is -4.92. The van der Waals surface area contributed by atoms with E-state index in [0.717, 1.165) is 6.07 Å². The lowest BCUT2D eigenvalue weighted by molar-refractivity contribution is -0.388. The number of alkyl halides is 3. The SMILES string of the molecule is N#CC(C#N)=NNc1ccc([N+](=O)[O-])c(C(F)(F)F)c1. The average Bonchev–Trinajstić information content (AvgIpc) is 2.38. The number of nitro benzene ring substituents is 1. The molecule has 0 spiro atoms. The number of nitrogens with one attached hydrogen (secondary N) is 1. The molecule has 0 aliphatic rings. The number of rotatable bonds is 3. The molecule has 7 nitrogen and oxygen atoms in total. The first kappa shape index (κ1) is 14.9. The fourth-order valence-corrected chi connectivity index (χ4v) is 1.19. The quantitative estimate of drug-likeness (QED) is 0.519. The highest BCUT2D eigenvalue weighted by molar-refractivity contribution is 6.10. The molecule has 0 heterocycles. The summed E-state index contributed by atoms with van der Waals surface area (Å²) in [4.78, 5) is 9.35. The van der Waals surface area contributed by atoms with Crippen molar-refractivity contribution in [1.82, 2.24) is 0 Å². The van der Waals surface area contributed by atoms with Crippen LogP contribution in [0.3, 0.4) is 0 Å². The third-order valence-corrected chi connectivity index (χ3v) is 2.01. The van der Waals surface area contributed by atoms with E-state index in [-0.39, 0.29) is 5.69 Å².